The van der Waals surface area contributed by atoms with E-state index in [0.717, 1.165) is 0 Å². The minimum atomic E-state index is -0.856. The molecule has 0 saturated carbocycles. The van der Waals surface area contributed by atoms with E-state index in [2.05, 4.69) is 0 Å². The van der Waals surface area contributed by atoms with E-state index in [1.54, 1.807) is 30.3 Å². The molecule has 1 atom stereocenters. The van der Waals surface area contributed by atoms with Crippen molar-refractivity contribution in [2.24, 2.45) is 5.73 Å². The first kappa shape index (κ1) is 15.0. The lowest BCUT2D eigenvalue weighted by Gasteiger charge is -2.25. The highest BCUT2D eigenvalue weighted by molar-refractivity contribution is 5.86. The number of halogens is 1. The van der Waals surface area contributed by atoms with Gasteiger partial charge in [0, 0.05) is 0 Å². The molecule has 0 fully saturated rings. The second-order valence-corrected chi connectivity index (χ2v) is 5.61. The highest BCUT2D eigenvalue weighted by atomic mass is 19.1. The van der Waals surface area contributed by atoms with Crippen molar-refractivity contribution in [2.45, 2.75) is 5.92 Å². The maximum Gasteiger partial charge on any atom is 0.344 e. The van der Waals surface area contributed by atoms with Gasteiger partial charge in [-0.2, -0.15) is 5.26 Å². The van der Waals surface area contributed by atoms with Crippen molar-refractivity contribution in [1.29, 1.82) is 5.26 Å². The van der Waals surface area contributed by atoms with Gasteiger partial charge < -0.3 is 14.9 Å². The number of fused-ring (bicyclic) bond motifs is 3. The molecule has 5 nitrogen and oxygen atoms in total. The summed E-state index contributed by atoms with van der Waals surface area (Å²) in [5, 5.41) is 10.1. The lowest BCUT2D eigenvalue weighted by Crippen LogP contribution is -2.26. The van der Waals surface area contributed by atoms with Gasteiger partial charge in [0.1, 0.15) is 23.0 Å². The zero-order valence-electron chi connectivity index (χ0n) is 12.8. The van der Waals surface area contributed by atoms with Crippen LogP contribution in [-0.4, -0.2) is 0 Å². The van der Waals surface area contributed by atoms with Crippen molar-refractivity contribution in [3.05, 3.63) is 87.4 Å². The summed E-state index contributed by atoms with van der Waals surface area (Å²) in [5.74, 6) is -1.21. The normalized spacial score (nSPS) is 16.2. The Balaban J connectivity index is 2.10. The summed E-state index contributed by atoms with van der Waals surface area (Å²) in [6, 6.07) is 14.5. The van der Waals surface area contributed by atoms with Crippen molar-refractivity contribution in [3.8, 4) is 11.8 Å². The SMILES string of the molecule is N#CC1=C(N)Oc2c(c(=O)oc3ccccc23)C1c1cccc(F)c1. The predicted molar refractivity (Wildman–Crippen MR) is 88.2 cm³/mol. The first-order valence-electron chi connectivity index (χ1n) is 7.49. The number of benzene rings is 2. The Morgan fingerprint density at radius 1 is 1.16 bits per heavy atom. The summed E-state index contributed by atoms with van der Waals surface area (Å²) in [5.41, 5.74) is 6.21. The standard InChI is InChI=1S/C19H11FN2O3/c20-11-5-3-4-10(8-11)15-13(9-21)18(22)25-17-12-6-1-2-7-14(12)24-19(23)16(15)17/h1-8,15H,22H2. The van der Waals surface area contributed by atoms with Gasteiger partial charge in [-0.1, -0.05) is 24.3 Å². The van der Waals surface area contributed by atoms with Crippen molar-refractivity contribution in [2.75, 3.05) is 0 Å². The van der Waals surface area contributed by atoms with Gasteiger partial charge in [0.25, 0.3) is 0 Å². The number of nitriles is 1. The third kappa shape index (κ3) is 2.25. The number of nitrogens with two attached hydrogens (primary N) is 1. The van der Waals surface area contributed by atoms with Crippen LogP contribution in [0.25, 0.3) is 11.0 Å². The largest absolute Gasteiger partial charge is 0.439 e. The number of para-hydroxylation sites is 1. The van der Waals surface area contributed by atoms with E-state index in [4.69, 9.17) is 14.9 Å². The molecule has 3 aromatic rings. The van der Waals surface area contributed by atoms with E-state index in [0.29, 0.717) is 16.5 Å². The van der Waals surface area contributed by atoms with Crippen LogP contribution in [0.2, 0.25) is 0 Å². The van der Waals surface area contributed by atoms with Crippen molar-refractivity contribution in [3.63, 3.8) is 0 Å². The van der Waals surface area contributed by atoms with Gasteiger partial charge >= 0.3 is 5.63 Å². The van der Waals surface area contributed by atoms with Gasteiger partial charge in [0.05, 0.1) is 16.9 Å². The predicted octanol–water partition coefficient (Wildman–Crippen LogP) is 3.15. The fourth-order valence-corrected chi connectivity index (χ4v) is 3.09. The monoisotopic (exact) mass is 334 g/mol. The molecule has 122 valence electrons. The van der Waals surface area contributed by atoms with Crippen LogP contribution >= 0.6 is 0 Å². The molecule has 4 rings (SSSR count). The van der Waals surface area contributed by atoms with E-state index < -0.39 is 17.4 Å². The molecule has 0 amide bonds. The van der Waals surface area contributed by atoms with E-state index in [1.807, 2.05) is 6.07 Å². The fraction of sp³-hybridized carbons (Fsp3) is 0.0526. The van der Waals surface area contributed by atoms with E-state index in [9.17, 15) is 14.4 Å². The summed E-state index contributed by atoms with van der Waals surface area (Å²) in [4.78, 5) is 12.6. The quantitative estimate of drug-likeness (QED) is 0.691. The minimum Gasteiger partial charge on any atom is -0.439 e. The zero-order chi connectivity index (χ0) is 17.6. The van der Waals surface area contributed by atoms with Crippen LogP contribution in [-0.2, 0) is 0 Å². The lowest BCUT2D eigenvalue weighted by molar-refractivity contribution is 0.388. The highest BCUT2D eigenvalue weighted by Gasteiger charge is 2.35. The van der Waals surface area contributed by atoms with Gasteiger partial charge in [-0.25, -0.2) is 9.18 Å². The first-order valence-corrected chi connectivity index (χ1v) is 7.49. The highest BCUT2D eigenvalue weighted by Crippen LogP contribution is 2.43. The van der Waals surface area contributed by atoms with Crippen LogP contribution in [0.15, 0.2) is 69.2 Å². The Labute approximate surface area is 141 Å². The van der Waals surface area contributed by atoms with E-state index in [1.165, 1.54) is 18.2 Å². The third-order valence-corrected chi connectivity index (χ3v) is 4.16. The summed E-state index contributed by atoms with van der Waals surface area (Å²) in [7, 11) is 0. The van der Waals surface area contributed by atoms with Crippen LogP contribution in [0.3, 0.4) is 0 Å². The number of rotatable bonds is 1. The van der Waals surface area contributed by atoms with E-state index >= 15 is 0 Å². The average Bonchev–Trinajstić information content (AvgIpc) is 2.60. The summed E-state index contributed by atoms with van der Waals surface area (Å²) >= 11 is 0. The molecule has 25 heavy (non-hydrogen) atoms. The van der Waals surface area contributed by atoms with Crippen LogP contribution in [0.4, 0.5) is 4.39 Å². The van der Waals surface area contributed by atoms with Crippen LogP contribution < -0.4 is 16.1 Å². The van der Waals surface area contributed by atoms with Gasteiger partial charge in [-0.05, 0) is 29.8 Å². The molecule has 1 aliphatic heterocycles. The zero-order valence-corrected chi connectivity index (χ0v) is 12.8. The molecule has 1 unspecified atom stereocenters. The summed E-state index contributed by atoms with van der Waals surface area (Å²) < 4.78 is 24.7. The number of allylic oxidation sites excluding steroid dienone is 1. The van der Waals surface area contributed by atoms with Crippen molar-refractivity contribution >= 4 is 11.0 Å². The molecule has 1 aliphatic rings. The van der Waals surface area contributed by atoms with Crippen LogP contribution in [0.5, 0.6) is 5.75 Å². The first-order chi connectivity index (χ1) is 12.1. The Morgan fingerprint density at radius 3 is 2.72 bits per heavy atom. The van der Waals surface area contributed by atoms with Crippen LogP contribution in [0, 0.1) is 17.1 Å². The van der Waals surface area contributed by atoms with Gasteiger partial charge in [-0.3, -0.25) is 0 Å². The van der Waals surface area contributed by atoms with Crippen molar-refractivity contribution in [1.82, 2.24) is 0 Å². The van der Waals surface area contributed by atoms with E-state index in [-0.39, 0.29) is 22.8 Å². The number of hydrogen-bond acceptors (Lipinski definition) is 5. The Kier molecular flexibility index (Phi) is 3.29. The number of hydrogen-bond donors (Lipinski definition) is 1. The number of nitrogens with zero attached hydrogens (tertiary/aromatic N) is 1. The molecule has 1 aromatic heterocycles. The molecular formula is C19H11FN2O3. The van der Waals surface area contributed by atoms with Gasteiger partial charge in [0.15, 0.2) is 5.75 Å². The molecule has 0 radical (unpaired) electrons. The second kappa shape index (κ2) is 5.49. The van der Waals surface area contributed by atoms with Gasteiger partial charge in [-0.15, -0.1) is 0 Å². The minimum absolute atomic E-state index is 0.0423. The molecule has 2 N–H and O–H groups in total. The topological polar surface area (TPSA) is 89.3 Å². The lowest BCUT2D eigenvalue weighted by atomic mass is 9.84. The average molecular weight is 334 g/mol. The molecule has 6 heteroatoms. The maximum atomic E-state index is 13.7. The molecule has 0 aliphatic carbocycles. The number of ether oxygens (including phenoxy) is 1. The van der Waals surface area contributed by atoms with Crippen molar-refractivity contribution < 1.29 is 13.5 Å². The fourth-order valence-electron chi connectivity index (χ4n) is 3.09. The molecule has 0 saturated heterocycles. The van der Waals surface area contributed by atoms with Crippen LogP contribution in [0.1, 0.15) is 17.0 Å². The molecule has 2 heterocycles. The summed E-state index contributed by atoms with van der Waals surface area (Å²) in [6.45, 7) is 0. The Morgan fingerprint density at radius 2 is 1.96 bits per heavy atom. The maximum absolute atomic E-state index is 13.7. The smallest absolute Gasteiger partial charge is 0.344 e. The van der Waals surface area contributed by atoms with Gasteiger partial charge in [0.2, 0.25) is 5.88 Å². The molecule has 0 bridgehead atoms. The molecule has 0 spiro atoms. The third-order valence-electron chi connectivity index (χ3n) is 4.16. The molecule has 2 aromatic carbocycles. The Hall–Kier alpha value is -3.59. The summed E-state index contributed by atoms with van der Waals surface area (Å²) in [6.07, 6.45) is 0. The Bertz CT molecular complexity index is 1140. The second-order valence-electron chi connectivity index (χ2n) is 5.61. The molecular weight excluding hydrogens is 323 g/mol.